The highest BCUT2D eigenvalue weighted by molar-refractivity contribution is 5.31. The minimum Gasteiger partial charge on any atom is -0.384 e. The van der Waals surface area contributed by atoms with E-state index in [-0.39, 0.29) is 0 Å². The van der Waals surface area contributed by atoms with Crippen molar-refractivity contribution in [2.45, 2.75) is 25.9 Å². The van der Waals surface area contributed by atoms with E-state index in [0.717, 1.165) is 12.6 Å². The van der Waals surface area contributed by atoms with E-state index in [1.165, 1.54) is 57.8 Å². The van der Waals surface area contributed by atoms with Gasteiger partial charge in [-0.25, -0.2) is 4.98 Å². The first kappa shape index (κ1) is 14.8. The van der Waals surface area contributed by atoms with Gasteiger partial charge in [0.05, 0.1) is 0 Å². The van der Waals surface area contributed by atoms with Crippen LogP contribution >= 0.6 is 0 Å². The van der Waals surface area contributed by atoms with Gasteiger partial charge in [-0.3, -0.25) is 9.80 Å². The number of hydrogen-bond donors (Lipinski definition) is 1. The first-order valence-electron chi connectivity index (χ1n) is 8.14. The van der Waals surface area contributed by atoms with Gasteiger partial charge in [0.25, 0.3) is 0 Å². The van der Waals surface area contributed by atoms with E-state index in [1.807, 2.05) is 12.3 Å². The lowest BCUT2D eigenvalue weighted by atomic mass is 10.2. The maximum Gasteiger partial charge on any atom is 0.123 e. The normalized spacial score (nSPS) is 25.5. The zero-order valence-corrected chi connectivity index (χ0v) is 13.0. The van der Waals surface area contributed by atoms with Crippen molar-refractivity contribution < 1.29 is 0 Å². The fourth-order valence-electron chi connectivity index (χ4n) is 3.55. The lowest BCUT2D eigenvalue weighted by Gasteiger charge is -2.37. The third-order valence-electron chi connectivity index (χ3n) is 4.87. The van der Waals surface area contributed by atoms with Gasteiger partial charge in [-0.15, -0.1) is 0 Å². The Morgan fingerprint density at radius 2 is 2.00 bits per heavy atom. The molecule has 0 saturated carbocycles. The number of nitrogens with two attached hydrogens (primary N) is 1. The van der Waals surface area contributed by atoms with E-state index in [2.05, 4.69) is 32.7 Å². The molecule has 116 valence electrons. The standard InChI is InChI=1S/C16H27N5/c1-2-19-7-9-21(10-8-19)15-4-6-20(13-15)12-14-3-5-18-16(17)11-14/h3,5,11,15H,2,4,6-10,12-13H2,1H3,(H2,17,18)/t15-/m1/s1. The number of likely N-dealkylation sites (tertiary alicyclic amines) is 1. The second kappa shape index (κ2) is 6.73. The first-order chi connectivity index (χ1) is 10.2. The highest BCUT2D eigenvalue weighted by Crippen LogP contribution is 2.19. The first-order valence-corrected chi connectivity index (χ1v) is 8.14. The van der Waals surface area contributed by atoms with E-state index in [4.69, 9.17) is 5.73 Å². The highest BCUT2D eigenvalue weighted by atomic mass is 15.3. The van der Waals surface area contributed by atoms with Crippen molar-refractivity contribution in [2.24, 2.45) is 0 Å². The molecule has 1 atom stereocenters. The van der Waals surface area contributed by atoms with Crippen LogP contribution in [-0.2, 0) is 6.54 Å². The van der Waals surface area contributed by atoms with E-state index in [0.29, 0.717) is 5.82 Å². The van der Waals surface area contributed by atoms with E-state index in [9.17, 15) is 0 Å². The summed E-state index contributed by atoms with van der Waals surface area (Å²) in [6, 6.07) is 4.81. The van der Waals surface area contributed by atoms with Crippen molar-refractivity contribution >= 4 is 5.82 Å². The van der Waals surface area contributed by atoms with Gasteiger partial charge >= 0.3 is 0 Å². The Kier molecular flexibility index (Phi) is 4.73. The predicted molar refractivity (Wildman–Crippen MR) is 86.0 cm³/mol. The van der Waals surface area contributed by atoms with Crippen molar-refractivity contribution in [3.63, 3.8) is 0 Å². The number of nitrogen functional groups attached to an aromatic ring is 1. The van der Waals surface area contributed by atoms with Crippen LogP contribution in [0.1, 0.15) is 18.9 Å². The summed E-state index contributed by atoms with van der Waals surface area (Å²) in [5, 5.41) is 0. The van der Waals surface area contributed by atoms with Crippen LogP contribution in [0.5, 0.6) is 0 Å². The zero-order valence-electron chi connectivity index (χ0n) is 13.0. The zero-order chi connectivity index (χ0) is 14.7. The Labute approximate surface area is 127 Å². The number of piperazine rings is 1. The summed E-state index contributed by atoms with van der Waals surface area (Å²) in [6.07, 6.45) is 3.11. The van der Waals surface area contributed by atoms with Crippen molar-refractivity contribution in [3.8, 4) is 0 Å². The quantitative estimate of drug-likeness (QED) is 0.891. The van der Waals surface area contributed by atoms with Crippen molar-refractivity contribution in [3.05, 3.63) is 23.9 Å². The van der Waals surface area contributed by atoms with Gasteiger partial charge in [0.15, 0.2) is 0 Å². The van der Waals surface area contributed by atoms with E-state index < -0.39 is 0 Å². The number of hydrogen-bond acceptors (Lipinski definition) is 5. The maximum absolute atomic E-state index is 5.76. The van der Waals surface area contributed by atoms with Gasteiger partial charge < -0.3 is 10.6 Å². The second-order valence-electron chi connectivity index (χ2n) is 6.24. The fraction of sp³-hybridized carbons (Fsp3) is 0.688. The lowest BCUT2D eigenvalue weighted by molar-refractivity contribution is 0.101. The summed E-state index contributed by atoms with van der Waals surface area (Å²) in [4.78, 5) is 11.8. The van der Waals surface area contributed by atoms with Crippen molar-refractivity contribution in [1.82, 2.24) is 19.7 Å². The number of anilines is 1. The van der Waals surface area contributed by atoms with Crippen LogP contribution < -0.4 is 5.73 Å². The molecule has 0 aromatic carbocycles. The maximum atomic E-state index is 5.76. The van der Waals surface area contributed by atoms with E-state index in [1.54, 1.807) is 0 Å². The molecule has 0 bridgehead atoms. The number of rotatable bonds is 4. The van der Waals surface area contributed by atoms with Crippen molar-refractivity contribution in [1.29, 1.82) is 0 Å². The molecule has 5 nitrogen and oxygen atoms in total. The number of aromatic nitrogens is 1. The van der Waals surface area contributed by atoms with E-state index >= 15 is 0 Å². The van der Waals surface area contributed by atoms with Crippen LogP contribution in [0, 0.1) is 0 Å². The summed E-state index contributed by atoms with van der Waals surface area (Å²) in [5.74, 6) is 0.624. The average Bonchev–Trinajstić information content (AvgIpc) is 2.96. The Morgan fingerprint density at radius 3 is 2.71 bits per heavy atom. The SMILES string of the molecule is CCN1CCN([C@@H]2CCN(Cc3ccnc(N)c3)C2)CC1. The molecule has 21 heavy (non-hydrogen) atoms. The van der Waals surface area contributed by atoms with Crippen LogP contribution in [0.15, 0.2) is 18.3 Å². The minimum atomic E-state index is 0.624. The molecule has 0 radical (unpaired) electrons. The van der Waals surface area contributed by atoms with Gasteiger partial charge in [-0.1, -0.05) is 6.92 Å². The Bertz CT molecular complexity index is 456. The van der Waals surface area contributed by atoms with Crippen LogP contribution in [0.3, 0.4) is 0 Å². The molecule has 2 aliphatic rings. The minimum absolute atomic E-state index is 0.624. The molecule has 2 saturated heterocycles. The van der Waals surface area contributed by atoms with Gasteiger partial charge in [0, 0.05) is 58.1 Å². The molecule has 3 heterocycles. The van der Waals surface area contributed by atoms with Gasteiger partial charge in [-0.2, -0.15) is 0 Å². The topological polar surface area (TPSA) is 48.6 Å². The molecule has 0 amide bonds. The number of nitrogens with zero attached hydrogens (tertiary/aromatic N) is 4. The molecule has 1 aromatic heterocycles. The largest absolute Gasteiger partial charge is 0.384 e. The molecule has 3 rings (SSSR count). The molecule has 0 aliphatic carbocycles. The summed E-state index contributed by atoms with van der Waals surface area (Å²) in [5.41, 5.74) is 7.04. The third kappa shape index (κ3) is 3.73. The monoisotopic (exact) mass is 289 g/mol. The van der Waals surface area contributed by atoms with Gasteiger partial charge in [-0.05, 0) is 30.7 Å². The molecule has 0 unspecified atom stereocenters. The molecule has 2 N–H and O–H groups in total. The molecule has 1 aromatic rings. The smallest absolute Gasteiger partial charge is 0.123 e. The fourth-order valence-corrected chi connectivity index (χ4v) is 3.55. The predicted octanol–water partition coefficient (Wildman–Crippen LogP) is 0.876. The van der Waals surface area contributed by atoms with Gasteiger partial charge in [0.1, 0.15) is 5.82 Å². The van der Waals surface area contributed by atoms with Gasteiger partial charge in [0.2, 0.25) is 0 Å². The summed E-state index contributed by atoms with van der Waals surface area (Å²) < 4.78 is 0. The highest BCUT2D eigenvalue weighted by Gasteiger charge is 2.29. The summed E-state index contributed by atoms with van der Waals surface area (Å²) >= 11 is 0. The molecule has 0 spiro atoms. The van der Waals surface area contributed by atoms with Crippen LogP contribution in [0.25, 0.3) is 0 Å². The van der Waals surface area contributed by atoms with Crippen LogP contribution in [0.2, 0.25) is 0 Å². The Hall–Kier alpha value is -1.17. The summed E-state index contributed by atoms with van der Waals surface area (Å²) in [7, 11) is 0. The van der Waals surface area contributed by atoms with Crippen LogP contribution in [-0.4, -0.2) is 71.5 Å². The molecule has 2 aliphatic heterocycles. The molecule has 5 heteroatoms. The number of pyridine rings is 1. The van der Waals surface area contributed by atoms with Crippen molar-refractivity contribution in [2.75, 3.05) is 51.5 Å². The lowest BCUT2D eigenvalue weighted by Crippen LogP contribution is -2.50. The molecular weight excluding hydrogens is 262 g/mol. The summed E-state index contributed by atoms with van der Waals surface area (Å²) in [6.45, 7) is 11.7. The van der Waals surface area contributed by atoms with Crippen LogP contribution in [0.4, 0.5) is 5.82 Å². The molecular formula is C16H27N5. The molecule has 2 fully saturated rings. The third-order valence-corrected chi connectivity index (χ3v) is 4.87. The number of likely N-dealkylation sites (N-methyl/N-ethyl adjacent to an activating group) is 1. The second-order valence-corrected chi connectivity index (χ2v) is 6.24. The Morgan fingerprint density at radius 1 is 1.19 bits per heavy atom. The average molecular weight is 289 g/mol. The Balaban J connectivity index is 1.49.